The number of anilines is 1. The van der Waals surface area contributed by atoms with Gasteiger partial charge in [-0.1, -0.05) is 48.0 Å². The van der Waals surface area contributed by atoms with E-state index in [9.17, 15) is 14.0 Å². The van der Waals surface area contributed by atoms with Gasteiger partial charge in [-0.3, -0.25) is 19.4 Å². The molecule has 6 heteroatoms. The van der Waals surface area contributed by atoms with E-state index in [0.29, 0.717) is 17.5 Å². The number of hydrogen-bond acceptors (Lipinski definition) is 4. The monoisotopic (exact) mass is 457 g/mol. The van der Waals surface area contributed by atoms with Gasteiger partial charge in [0, 0.05) is 39.3 Å². The molecular weight excluding hydrogens is 429 g/mol. The molecule has 0 spiro atoms. The SMILES string of the molecule is Cc1cccc(CN2CCN(c3cccc4c3C(=O)N(CCc3cccc(F)c3)C4=O)CC2)c1. The fourth-order valence-electron chi connectivity index (χ4n) is 4.93. The van der Waals surface area contributed by atoms with Gasteiger partial charge in [0.1, 0.15) is 5.82 Å². The fourth-order valence-corrected chi connectivity index (χ4v) is 4.93. The van der Waals surface area contributed by atoms with Crippen LogP contribution >= 0.6 is 0 Å². The molecule has 2 aliphatic heterocycles. The number of benzene rings is 3. The number of halogens is 1. The van der Waals surface area contributed by atoms with Crippen LogP contribution in [0, 0.1) is 12.7 Å². The Bertz CT molecular complexity index is 1230. The lowest BCUT2D eigenvalue weighted by molar-refractivity contribution is 0.0656. The maximum Gasteiger partial charge on any atom is 0.263 e. The molecule has 0 radical (unpaired) electrons. The van der Waals surface area contributed by atoms with Crippen molar-refractivity contribution in [1.82, 2.24) is 9.80 Å². The van der Waals surface area contributed by atoms with E-state index in [1.165, 1.54) is 28.2 Å². The van der Waals surface area contributed by atoms with Gasteiger partial charge in [-0.25, -0.2) is 4.39 Å². The van der Waals surface area contributed by atoms with Crippen molar-refractivity contribution in [2.75, 3.05) is 37.6 Å². The number of carbonyl (C=O) groups excluding carboxylic acids is 2. The Labute approximate surface area is 199 Å². The molecule has 34 heavy (non-hydrogen) atoms. The number of nitrogens with zero attached hydrogens (tertiary/aromatic N) is 3. The normalized spacial score (nSPS) is 16.3. The summed E-state index contributed by atoms with van der Waals surface area (Å²) in [5.74, 6) is -0.839. The Morgan fingerprint density at radius 3 is 2.32 bits per heavy atom. The summed E-state index contributed by atoms with van der Waals surface area (Å²) in [6.07, 6.45) is 0.427. The van der Waals surface area contributed by atoms with Gasteiger partial charge in [-0.2, -0.15) is 0 Å². The molecule has 1 saturated heterocycles. The summed E-state index contributed by atoms with van der Waals surface area (Å²) >= 11 is 0. The lowest BCUT2D eigenvalue weighted by Crippen LogP contribution is -2.46. The van der Waals surface area contributed by atoms with Crippen molar-refractivity contribution < 1.29 is 14.0 Å². The molecule has 5 nitrogen and oxygen atoms in total. The Kier molecular flexibility index (Phi) is 6.16. The van der Waals surface area contributed by atoms with Crippen LogP contribution in [0.1, 0.15) is 37.4 Å². The molecule has 0 saturated carbocycles. The van der Waals surface area contributed by atoms with E-state index in [0.717, 1.165) is 44.0 Å². The van der Waals surface area contributed by atoms with Crippen LogP contribution in [0.5, 0.6) is 0 Å². The number of piperazine rings is 1. The summed E-state index contributed by atoms with van der Waals surface area (Å²) in [4.78, 5) is 32.2. The Morgan fingerprint density at radius 1 is 0.824 bits per heavy atom. The third-order valence-corrected chi connectivity index (χ3v) is 6.69. The summed E-state index contributed by atoms with van der Waals surface area (Å²) < 4.78 is 13.5. The summed E-state index contributed by atoms with van der Waals surface area (Å²) in [7, 11) is 0. The van der Waals surface area contributed by atoms with Crippen LogP contribution in [0.4, 0.5) is 10.1 Å². The second-order valence-electron chi connectivity index (χ2n) is 9.09. The minimum absolute atomic E-state index is 0.236. The lowest BCUT2D eigenvalue weighted by atomic mass is 10.1. The molecule has 3 aromatic carbocycles. The lowest BCUT2D eigenvalue weighted by Gasteiger charge is -2.36. The Morgan fingerprint density at radius 2 is 1.56 bits per heavy atom. The molecule has 0 N–H and O–H groups in total. The van der Waals surface area contributed by atoms with Crippen molar-refractivity contribution in [3.05, 3.63) is 100 Å². The standard InChI is InChI=1S/C28H28FN3O2/c1-20-5-2-7-22(17-20)19-30-13-15-31(16-14-30)25-10-4-9-24-26(25)28(34)32(27(24)33)12-11-21-6-3-8-23(29)18-21/h2-10,17-18H,11-16,19H2,1H3. The van der Waals surface area contributed by atoms with Gasteiger partial charge < -0.3 is 4.90 Å². The number of rotatable bonds is 6. The second kappa shape index (κ2) is 9.39. The van der Waals surface area contributed by atoms with Gasteiger partial charge >= 0.3 is 0 Å². The van der Waals surface area contributed by atoms with Gasteiger partial charge in [0.25, 0.3) is 11.8 Å². The minimum Gasteiger partial charge on any atom is -0.368 e. The summed E-state index contributed by atoms with van der Waals surface area (Å²) in [5, 5.41) is 0. The van der Waals surface area contributed by atoms with Crippen LogP contribution < -0.4 is 4.90 Å². The zero-order valence-electron chi connectivity index (χ0n) is 19.3. The maximum absolute atomic E-state index is 13.5. The van der Waals surface area contributed by atoms with E-state index < -0.39 is 0 Å². The average Bonchev–Trinajstić information content (AvgIpc) is 3.08. The van der Waals surface area contributed by atoms with E-state index in [1.807, 2.05) is 18.2 Å². The number of aryl methyl sites for hydroxylation is 1. The van der Waals surface area contributed by atoms with Gasteiger partial charge in [0.2, 0.25) is 0 Å². The van der Waals surface area contributed by atoms with Crippen molar-refractivity contribution in [3.63, 3.8) is 0 Å². The van der Waals surface area contributed by atoms with Crippen molar-refractivity contribution in [2.24, 2.45) is 0 Å². The zero-order chi connectivity index (χ0) is 23.7. The van der Waals surface area contributed by atoms with Crippen LogP contribution in [-0.4, -0.2) is 54.3 Å². The van der Waals surface area contributed by atoms with E-state index in [4.69, 9.17) is 0 Å². The van der Waals surface area contributed by atoms with Gasteiger partial charge in [-0.05, 0) is 48.7 Å². The van der Waals surface area contributed by atoms with Crippen molar-refractivity contribution >= 4 is 17.5 Å². The molecule has 0 aliphatic carbocycles. The first kappa shape index (κ1) is 22.3. The Balaban J connectivity index is 1.27. The zero-order valence-corrected chi connectivity index (χ0v) is 19.3. The summed E-state index contributed by atoms with van der Waals surface area (Å²) in [5.41, 5.74) is 5.13. The molecule has 0 bridgehead atoms. The number of fused-ring (bicyclic) bond motifs is 1. The smallest absolute Gasteiger partial charge is 0.263 e. The highest BCUT2D eigenvalue weighted by Crippen LogP contribution is 2.32. The third-order valence-electron chi connectivity index (χ3n) is 6.69. The van der Waals surface area contributed by atoms with Crippen LogP contribution in [0.15, 0.2) is 66.7 Å². The molecule has 2 amide bonds. The van der Waals surface area contributed by atoms with Crippen molar-refractivity contribution in [1.29, 1.82) is 0 Å². The highest BCUT2D eigenvalue weighted by atomic mass is 19.1. The van der Waals surface area contributed by atoms with Crippen LogP contribution in [0.2, 0.25) is 0 Å². The highest BCUT2D eigenvalue weighted by Gasteiger charge is 2.38. The fraction of sp³-hybridized carbons (Fsp3) is 0.286. The third kappa shape index (κ3) is 4.46. The Hall–Kier alpha value is -3.51. The predicted molar refractivity (Wildman–Crippen MR) is 131 cm³/mol. The van der Waals surface area contributed by atoms with Crippen LogP contribution in [0.25, 0.3) is 0 Å². The molecule has 2 heterocycles. The van der Waals surface area contributed by atoms with E-state index in [-0.39, 0.29) is 24.2 Å². The van der Waals surface area contributed by atoms with E-state index in [2.05, 4.69) is 41.0 Å². The second-order valence-corrected chi connectivity index (χ2v) is 9.09. The van der Waals surface area contributed by atoms with Crippen LogP contribution in [-0.2, 0) is 13.0 Å². The largest absolute Gasteiger partial charge is 0.368 e. The minimum atomic E-state index is -0.316. The molecule has 0 unspecified atom stereocenters. The quantitative estimate of drug-likeness (QED) is 0.518. The van der Waals surface area contributed by atoms with E-state index in [1.54, 1.807) is 12.1 Å². The molecule has 2 aliphatic rings. The molecule has 1 fully saturated rings. The van der Waals surface area contributed by atoms with Gasteiger partial charge in [0.15, 0.2) is 0 Å². The first-order chi connectivity index (χ1) is 16.5. The molecule has 5 rings (SSSR count). The average molecular weight is 458 g/mol. The molecule has 0 aromatic heterocycles. The van der Waals surface area contributed by atoms with Crippen molar-refractivity contribution in [3.8, 4) is 0 Å². The van der Waals surface area contributed by atoms with Crippen molar-refractivity contribution in [2.45, 2.75) is 19.9 Å². The summed E-state index contributed by atoms with van der Waals surface area (Å²) in [6.45, 7) is 6.64. The number of imide groups is 1. The topological polar surface area (TPSA) is 43.9 Å². The molecular formula is C28H28FN3O2. The first-order valence-corrected chi connectivity index (χ1v) is 11.8. The van der Waals surface area contributed by atoms with E-state index >= 15 is 0 Å². The first-order valence-electron chi connectivity index (χ1n) is 11.8. The van der Waals surface area contributed by atoms with Gasteiger partial charge in [0.05, 0.1) is 16.8 Å². The number of hydrogen-bond donors (Lipinski definition) is 0. The highest BCUT2D eigenvalue weighted by molar-refractivity contribution is 6.23. The van der Waals surface area contributed by atoms with Crippen LogP contribution in [0.3, 0.4) is 0 Å². The maximum atomic E-state index is 13.5. The van der Waals surface area contributed by atoms with Gasteiger partial charge in [-0.15, -0.1) is 0 Å². The predicted octanol–water partition coefficient (Wildman–Crippen LogP) is 4.30. The number of amides is 2. The molecule has 174 valence electrons. The number of carbonyl (C=O) groups is 2. The molecule has 3 aromatic rings. The molecule has 0 atom stereocenters. The summed E-state index contributed by atoms with van der Waals surface area (Å²) in [6, 6.07) is 20.4.